The molecule has 0 atom stereocenters. The Bertz CT molecular complexity index is 732. The van der Waals surface area contributed by atoms with E-state index in [4.69, 9.17) is 4.74 Å². The lowest BCUT2D eigenvalue weighted by Gasteiger charge is -2.00. The second kappa shape index (κ2) is 4.99. The smallest absolute Gasteiger partial charge is 0.271 e. The summed E-state index contributed by atoms with van der Waals surface area (Å²) in [5.41, 5.74) is 1.51. The van der Waals surface area contributed by atoms with Crippen LogP contribution in [0.4, 0.5) is 0 Å². The van der Waals surface area contributed by atoms with Gasteiger partial charge >= 0.3 is 0 Å². The molecule has 2 heterocycles. The largest absolute Gasteiger partial charge is 0.383 e. The Morgan fingerprint density at radius 2 is 2.32 bits per heavy atom. The number of methoxy groups -OCH3 is 1. The molecule has 1 N–H and O–H groups in total. The molecule has 0 saturated heterocycles. The number of fused-ring (bicyclic) bond motifs is 3. The van der Waals surface area contributed by atoms with Crippen molar-refractivity contribution in [1.29, 1.82) is 0 Å². The summed E-state index contributed by atoms with van der Waals surface area (Å²) in [7, 11) is 1.60. The maximum atomic E-state index is 11.9. The van der Waals surface area contributed by atoms with Crippen molar-refractivity contribution in [2.75, 3.05) is 20.3 Å². The van der Waals surface area contributed by atoms with Crippen LogP contribution in [0.15, 0.2) is 30.5 Å². The quantitative estimate of drug-likeness (QED) is 0.740. The van der Waals surface area contributed by atoms with Crippen molar-refractivity contribution in [1.82, 2.24) is 14.7 Å². The van der Waals surface area contributed by atoms with Crippen LogP contribution in [0.2, 0.25) is 0 Å². The zero-order chi connectivity index (χ0) is 13.2. The van der Waals surface area contributed by atoms with Crippen LogP contribution in [0.1, 0.15) is 10.5 Å². The number of hydrogen-bond donors (Lipinski definition) is 1. The summed E-state index contributed by atoms with van der Waals surface area (Å²) < 4.78 is 8.00. The highest BCUT2D eigenvalue weighted by atomic mass is 32.1. The Kier molecular flexibility index (Phi) is 3.18. The van der Waals surface area contributed by atoms with Gasteiger partial charge in [0.15, 0.2) is 4.96 Å². The van der Waals surface area contributed by atoms with Gasteiger partial charge in [-0.25, -0.2) is 4.98 Å². The zero-order valence-corrected chi connectivity index (χ0v) is 11.2. The van der Waals surface area contributed by atoms with Gasteiger partial charge in [-0.3, -0.25) is 9.20 Å². The average Bonchev–Trinajstić information content (AvgIpc) is 2.96. The number of imidazole rings is 1. The minimum Gasteiger partial charge on any atom is -0.383 e. The van der Waals surface area contributed by atoms with Crippen molar-refractivity contribution < 1.29 is 9.53 Å². The standard InChI is InChI=1S/C13H13N3O2S/c1-18-7-6-14-12(17)9-8-16-10-4-2-3-5-11(10)19-13(16)15-9/h2-5,8H,6-7H2,1H3,(H,14,17). The van der Waals surface area contributed by atoms with E-state index in [-0.39, 0.29) is 5.91 Å². The van der Waals surface area contributed by atoms with E-state index in [1.54, 1.807) is 24.6 Å². The van der Waals surface area contributed by atoms with Gasteiger partial charge in [-0.1, -0.05) is 23.5 Å². The maximum absolute atomic E-state index is 11.9. The Balaban J connectivity index is 1.91. The van der Waals surface area contributed by atoms with E-state index in [1.807, 2.05) is 28.7 Å². The van der Waals surface area contributed by atoms with Gasteiger partial charge in [0.2, 0.25) is 0 Å². The topological polar surface area (TPSA) is 55.6 Å². The van der Waals surface area contributed by atoms with Gasteiger partial charge in [-0.15, -0.1) is 0 Å². The average molecular weight is 275 g/mol. The number of carbonyl (C=O) groups excluding carboxylic acids is 1. The van der Waals surface area contributed by atoms with Crippen LogP contribution in [0, 0.1) is 0 Å². The Labute approximate surface area is 113 Å². The first-order valence-corrected chi connectivity index (χ1v) is 6.75. The Morgan fingerprint density at radius 1 is 1.47 bits per heavy atom. The summed E-state index contributed by atoms with van der Waals surface area (Å²) in [6, 6.07) is 8.05. The molecular formula is C13H13N3O2S. The minimum atomic E-state index is -0.169. The zero-order valence-electron chi connectivity index (χ0n) is 10.4. The Hall–Kier alpha value is -1.92. The second-order valence-corrected chi connectivity index (χ2v) is 5.11. The number of ether oxygens (including phenoxy) is 1. The Morgan fingerprint density at radius 3 is 3.16 bits per heavy atom. The molecular weight excluding hydrogens is 262 g/mol. The summed E-state index contributed by atoms with van der Waals surface area (Å²) in [6.07, 6.45) is 1.77. The molecule has 2 aromatic heterocycles. The molecule has 0 saturated carbocycles. The molecule has 0 aliphatic carbocycles. The highest BCUT2D eigenvalue weighted by Gasteiger charge is 2.13. The van der Waals surface area contributed by atoms with Crippen LogP contribution in [0.5, 0.6) is 0 Å². The van der Waals surface area contributed by atoms with Crippen LogP contribution >= 0.6 is 11.3 Å². The summed E-state index contributed by atoms with van der Waals surface area (Å²) in [6.45, 7) is 0.984. The minimum absolute atomic E-state index is 0.169. The summed E-state index contributed by atoms with van der Waals surface area (Å²) in [5.74, 6) is -0.169. The van der Waals surface area contributed by atoms with E-state index in [0.29, 0.717) is 18.8 Å². The number of benzene rings is 1. The SMILES string of the molecule is COCCNC(=O)c1cn2c(n1)sc1ccccc12. The third kappa shape index (κ3) is 2.20. The fourth-order valence-electron chi connectivity index (χ4n) is 1.92. The van der Waals surface area contributed by atoms with Crippen LogP contribution < -0.4 is 5.32 Å². The first-order chi connectivity index (χ1) is 9.29. The normalized spacial score (nSPS) is 11.2. The van der Waals surface area contributed by atoms with Crippen LogP contribution in [0.3, 0.4) is 0 Å². The molecule has 6 heteroatoms. The molecule has 0 fully saturated rings. The molecule has 5 nitrogen and oxygen atoms in total. The van der Waals surface area contributed by atoms with E-state index in [1.165, 1.54) is 0 Å². The number of rotatable bonds is 4. The fraction of sp³-hybridized carbons (Fsp3) is 0.231. The molecule has 0 aliphatic heterocycles. The number of nitrogens with zero attached hydrogens (tertiary/aromatic N) is 2. The molecule has 0 aliphatic rings. The van der Waals surface area contributed by atoms with E-state index >= 15 is 0 Å². The lowest BCUT2D eigenvalue weighted by molar-refractivity contribution is 0.0933. The summed E-state index contributed by atoms with van der Waals surface area (Å²) >= 11 is 1.58. The predicted molar refractivity (Wildman–Crippen MR) is 74.8 cm³/mol. The van der Waals surface area contributed by atoms with E-state index in [0.717, 1.165) is 15.2 Å². The third-order valence-electron chi connectivity index (χ3n) is 2.82. The van der Waals surface area contributed by atoms with Gasteiger partial charge in [0, 0.05) is 19.9 Å². The first kappa shape index (κ1) is 12.1. The van der Waals surface area contributed by atoms with Crippen molar-refractivity contribution in [2.45, 2.75) is 0 Å². The van der Waals surface area contributed by atoms with E-state index < -0.39 is 0 Å². The molecule has 0 spiro atoms. The van der Waals surface area contributed by atoms with Crippen molar-refractivity contribution in [3.63, 3.8) is 0 Å². The number of hydrogen-bond acceptors (Lipinski definition) is 4. The monoisotopic (exact) mass is 275 g/mol. The molecule has 0 radical (unpaired) electrons. The molecule has 19 heavy (non-hydrogen) atoms. The van der Waals surface area contributed by atoms with Gasteiger partial charge in [-0.2, -0.15) is 0 Å². The van der Waals surface area contributed by atoms with Crippen molar-refractivity contribution in [2.24, 2.45) is 0 Å². The second-order valence-electron chi connectivity index (χ2n) is 4.10. The van der Waals surface area contributed by atoms with Gasteiger partial charge in [0.25, 0.3) is 5.91 Å². The molecule has 1 amide bonds. The predicted octanol–water partition coefficient (Wildman–Crippen LogP) is 1.93. The van der Waals surface area contributed by atoms with Gasteiger partial charge in [0.1, 0.15) is 5.69 Å². The lowest BCUT2D eigenvalue weighted by atomic mass is 10.3. The van der Waals surface area contributed by atoms with E-state index in [9.17, 15) is 4.79 Å². The van der Waals surface area contributed by atoms with Crippen molar-refractivity contribution in [3.05, 3.63) is 36.2 Å². The molecule has 0 bridgehead atoms. The van der Waals surface area contributed by atoms with Crippen molar-refractivity contribution in [3.8, 4) is 0 Å². The molecule has 3 rings (SSSR count). The first-order valence-electron chi connectivity index (χ1n) is 5.93. The number of nitrogens with one attached hydrogen (secondary N) is 1. The van der Waals surface area contributed by atoms with Crippen LogP contribution in [-0.4, -0.2) is 35.6 Å². The number of thiazole rings is 1. The van der Waals surface area contributed by atoms with Gasteiger partial charge in [-0.05, 0) is 12.1 Å². The number of carbonyl (C=O) groups is 1. The molecule has 3 aromatic rings. The highest BCUT2D eigenvalue weighted by molar-refractivity contribution is 7.23. The van der Waals surface area contributed by atoms with Gasteiger partial charge < -0.3 is 10.1 Å². The molecule has 98 valence electrons. The summed E-state index contributed by atoms with van der Waals surface area (Å²) in [5, 5.41) is 2.76. The number of aromatic nitrogens is 2. The van der Waals surface area contributed by atoms with Crippen LogP contribution in [-0.2, 0) is 4.74 Å². The number of amides is 1. The van der Waals surface area contributed by atoms with Crippen molar-refractivity contribution >= 4 is 32.4 Å². The lowest BCUT2D eigenvalue weighted by Crippen LogP contribution is -2.27. The van der Waals surface area contributed by atoms with Gasteiger partial charge in [0.05, 0.1) is 16.8 Å². The molecule has 0 unspecified atom stereocenters. The van der Waals surface area contributed by atoms with E-state index in [2.05, 4.69) is 10.3 Å². The van der Waals surface area contributed by atoms with Crippen LogP contribution in [0.25, 0.3) is 15.2 Å². The maximum Gasteiger partial charge on any atom is 0.271 e. The highest BCUT2D eigenvalue weighted by Crippen LogP contribution is 2.25. The molecule has 1 aromatic carbocycles. The summed E-state index contributed by atoms with van der Waals surface area (Å²) in [4.78, 5) is 17.1. The third-order valence-corrected chi connectivity index (χ3v) is 3.86. The fourth-order valence-corrected chi connectivity index (χ4v) is 2.92. The number of para-hydroxylation sites is 1.